The summed E-state index contributed by atoms with van der Waals surface area (Å²) in [7, 11) is 0. The number of aromatic hydroxyl groups is 1. The van der Waals surface area contributed by atoms with Crippen LogP contribution in [0.1, 0.15) is 37.6 Å². The highest BCUT2D eigenvalue weighted by atomic mass is 16.3. The van der Waals surface area contributed by atoms with Gasteiger partial charge in [-0.1, -0.05) is 44.2 Å². The molecule has 3 nitrogen and oxygen atoms in total. The molecule has 20 heavy (non-hydrogen) atoms. The van der Waals surface area contributed by atoms with Gasteiger partial charge in [0.25, 0.3) is 5.91 Å². The number of rotatable bonds is 4. The van der Waals surface area contributed by atoms with Crippen molar-refractivity contribution >= 4 is 16.7 Å². The lowest BCUT2D eigenvalue weighted by Crippen LogP contribution is -2.33. The molecule has 0 spiro atoms. The van der Waals surface area contributed by atoms with E-state index >= 15 is 0 Å². The van der Waals surface area contributed by atoms with Crippen molar-refractivity contribution in [1.82, 2.24) is 5.32 Å². The third kappa shape index (κ3) is 3.10. The van der Waals surface area contributed by atoms with E-state index in [0.717, 1.165) is 11.8 Å². The van der Waals surface area contributed by atoms with Gasteiger partial charge in [0, 0.05) is 11.4 Å². The Hall–Kier alpha value is -2.03. The molecule has 0 saturated carbocycles. The molecule has 3 heteroatoms. The highest BCUT2D eigenvalue weighted by Gasteiger charge is 2.16. The number of hydrogen-bond acceptors (Lipinski definition) is 2. The van der Waals surface area contributed by atoms with Crippen LogP contribution in [-0.2, 0) is 0 Å². The van der Waals surface area contributed by atoms with Crippen molar-refractivity contribution in [3.8, 4) is 5.75 Å². The quantitative estimate of drug-likeness (QED) is 0.890. The van der Waals surface area contributed by atoms with Gasteiger partial charge in [-0.3, -0.25) is 4.79 Å². The largest absolute Gasteiger partial charge is 0.506 e. The van der Waals surface area contributed by atoms with Crippen molar-refractivity contribution in [3.63, 3.8) is 0 Å². The summed E-state index contributed by atoms with van der Waals surface area (Å²) in [5, 5.41) is 14.8. The van der Waals surface area contributed by atoms with Gasteiger partial charge in [-0.05, 0) is 30.7 Å². The van der Waals surface area contributed by atoms with Gasteiger partial charge >= 0.3 is 0 Å². The van der Waals surface area contributed by atoms with Crippen molar-refractivity contribution in [2.75, 3.05) is 0 Å². The van der Waals surface area contributed by atoms with Gasteiger partial charge in [-0.15, -0.1) is 0 Å². The van der Waals surface area contributed by atoms with Crippen molar-refractivity contribution in [1.29, 1.82) is 0 Å². The number of carbonyl (C=O) groups excluding carboxylic acids is 1. The topological polar surface area (TPSA) is 49.3 Å². The number of fused-ring (bicyclic) bond motifs is 1. The number of nitrogens with one attached hydrogen (secondary N) is 1. The maximum absolute atomic E-state index is 12.2. The summed E-state index contributed by atoms with van der Waals surface area (Å²) in [6, 6.07) is 11.1. The van der Waals surface area contributed by atoms with E-state index in [-0.39, 0.29) is 17.7 Å². The van der Waals surface area contributed by atoms with Gasteiger partial charge in [0.2, 0.25) is 0 Å². The summed E-state index contributed by atoms with van der Waals surface area (Å²) in [6.45, 7) is 6.22. The number of phenols is 1. The molecule has 1 unspecified atom stereocenters. The van der Waals surface area contributed by atoms with Crippen LogP contribution >= 0.6 is 0 Å². The van der Waals surface area contributed by atoms with Crippen LogP contribution in [0.25, 0.3) is 10.8 Å². The second-order valence-electron chi connectivity index (χ2n) is 5.69. The standard InChI is InChI=1S/C17H21NO2/c1-11(2)10-12(3)18-17(20)15-9-8-13-6-4-5-7-14(13)16(15)19/h4-9,11-12,19H,10H2,1-3H3,(H,18,20). The first-order valence-corrected chi connectivity index (χ1v) is 7.00. The molecule has 0 bridgehead atoms. The molecule has 0 heterocycles. The van der Waals surface area contributed by atoms with E-state index in [4.69, 9.17) is 0 Å². The van der Waals surface area contributed by atoms with Crippen LogP contribution in [0.5, 0.6) is 5.75 Å². The Bertz CT molecular complexity index is 619. The first kappa shape index (κ1) is 14.4. The zero-order chi connectivity index (χ0) is 14.7. The Morgan fingerprint density at radius 3 is 2.55 bits per heavy atom. The third-order valence-electron chi connectivity index (χ3n) is 3.35. The predicted molar refractivity (Wildman–Crippen MR) is 82.0 cm³/mol. The van der Waals surface area contributed by atoms with Crippen molar-refractivity contribution in [2.45, 2.75) is 33.2 Å². The molecule has 0 aromatic heterocycles. The molecular formula is C17H21NO2. The normalized spacial score (nSPS) is 12.6. The molecule has 1 amide bonds. The van der Waals surface area contributed by atoms with Gasteiger partial charge in [-0.25, -0.2) is 0 Å². The van der Waals surface area contributed by atoms with Crippen molar-refractivity contribution in [2.24, 2.45) is 5.92 Å². The molecule has 2 rings (SSSR count). The summed E-state index contributed by atoms with van der Waals surface area (Å²) in [4.78, 5) is 12.2. The van der Waals surface area contributed by atoms with Gasteiger partial charge < -0.3 is 10.4 Å². The molecule has 0 radical (unpaired) electrons. The van der Waals surface area contributed by atoms with E-state index in [1.165, 1.54) is 0 Å². The average molecular weight is 271 g/mol. The first-order chi connectivity index (χ1) is 9.49. The van der Waals surface area contributed by atoms with E-state index in [1.54, 1.807) is 6.07 Å². The maximum atomic E-state index is 12.2. The van der Waals surface area contributed by atoms with E-state index in [9.17, 15) is 9.90 Å². The highest BCUT2D eigenvalue weighted by Crippen LogP contribution is 2.28. The second kappa shape index (κ2) is 5.95. The number of phenolic OH excluding ortho intramolecular Hbond substituents is 1. The van der Waals surface area contributed by atoms with Crippen LogP contribution in [0.3, 0.4) is 0 Å². The molecular weight excluding hydrogens is 250 g/mol. The number of carbonyl (C=O) groups is 1. The number of amides is 1. The van der Waals surface area contributed by atoms with Crippen LogP contribution in [0.4, 0.5) is 0 Å². The lowest BCUT2D eigenvalue weighted by Gasteiger charge is -2.16. The van der Waals surface area contributed by atoms with E-state index in [2.05, 4.69) is 19.2 Å². The van der Waals surface area contributed by atoms with Gasteiger partial charge in [0.05, 0.1) is 5.56 Å². The Morgan fingerprint density at radius 2 is 1.85 bits per heavy atom. The molecule has 2 aromatic carbocycles. The molecule has 2 aromatic rings. The average Bonchev–Trinajstić information content (AvgIpc) is 2.38. The molecule has 0 saturated heterocycles. The lowest BCUT2D eigenvalue weighted by molar-refractivity contribution is 0.0933. The summed E-state index contributed by atoms with van der Waals surface area (Å²) >= 11 is 0. The summed E-state index contributed by atoms with van der Waals surface area (Å²) in [5.74, 6) is 0.356. The van der Waals surface area contributed by atoms with Gasteiger partial charge in [0.1, 0.15) is 5.75 Å². The zero-order valence-electron chi connectivity index (χ0n) is 12.2. The fourth-order valence-electron chi connectivity index (χ4n) is 2.51. The monoisotopic (exact) mass is 271 g/mol. The second-order valence-corrected chi connectivity index (χ2v) is 5.69. The minimum Gasteiger partial charge on any atom is -0.506 e. The molecule has 1 atom stereocenters. The molecule has 2 N–H and O–H groups in total. The highest BCUT2D eigenvalue weighted by molar-refractivity contribution is 6.03. The molecule has 0 aliphatic heterocycles. The molecule has 0 aliphatic carbocycles. The number of benzene rings is 2. The minimum atomic E-state index is -0.221. The maximum Gasteiger partial charge on any atom is 0.255 e. The summed E-state index contributed by atoms with van der Waals surface area (Å²) < 4.78 is 0. The third-order valence-corrected chi connectivity index (χ3v) is 3.35. The summed E-state index contributed by atoms with van der Waals surface area (Å²) in [6.07, 6.45) is 0.917. The van der Waals surface area contributed by atoms with Crippen LogP contribution < -0.4 is 5.32 Å². The molecule has 0 aliphatic rings. The van der Waals surface area contributed by atoms with Gasteiger partial charge in [0.15, 0.2) is 0 Å². The zero-order valence-corrected chi connectivity index (χ0v) is 12.2. The van der Waals surface area contributed by atoms with Crippen molar-refractivity contribution in [3.05, 3.63) is 42.0 Å². The Labute approximate surface area is 119 Å². The summed E-state index contributed by atoms with van der Waals surface area (Å²) in [5.41, 5.74) is 0.333. The van der Waals surface area contributed by atoms with Crippen molar-refractivity contribution < 1.29 is 9.90 Å². The van der Waals surface area contributed by atoms with Gasteiger partial charge in [-0.2, -0.15) is 0 Å². The first-order valence-electron chi connectivity index (χ1n) is 7.00. The molecule has 0 fully saturated rings. The fraction of sp³-hybridized carbons (Fsp3) is 0.353. The Balaban J connectivity index is 2.24. The van der Waals surface area contributed by atoms with E-state index < -0.39 is 0 Å². The Morgan fingerprint density at radius 1 is 1.15 bits per heavy atom. The van der Waals surface area contributed by atoms with E-state index in [0.29, 0.717) is 16.9 Å². The molecule has 106 valence electrons. The van der Waals surface area contributed by atoms with Crippen LogP contribution in [-0.4, -0.2) is 17.1 Å². The Kier molecular flexibility index (Phi) is 4.28. The number of hydrogen-bond donors (Lipinski definition) is 2. The fourth-order valence-corrected chi connectivity index (χ4v) is 2.51. The van der Waals surface area contributed by atoms with Crippen LogP contribution in [0.15, 0.2) is 36.4 Å². The minimum absolute atomic E-state index is 0.0531. The predicted octanol–water partition coefficient (Wildman–Crippen LogP) is 3.71. The van der Waals surface area contributed by atoms with E-state index in [1.807, 2.05) is 37.3 Å². The lowest BCUT2D eigenvalue weighted by atomic mass is 10.0. The smallest absolute Gasteiger partial charge is 0.255 e. The van der Waals surface area contributed by atoms with Crippen LogP contribution in [0.2, 0.25) is 0 Å². The SMILES string of the molecule is CC(C)CC(C)NC(=O)c1ccc2ccccc2c1O. The van der Waals surface area contributed by atoms with Crippen LogP contribution in [0, 0.1) is 5.92 Å².